The van der Waals surface area contributed by atoms with Crippen LogP contribution in [0.3, 0.4) is 0 Å². The Labute approximate surface area is 106 Å². The number of carbonyl (C=O) groups excluding carboxylic acids is 4. The Morgan fingerprint density at radius 1 is 1.11 bits per heavy atom. The lowest BCUT2D eigenvalue weighted by Crippen LogP contribution is -2.41. The van der Waals surface area contributed by atoms with Crippen molar-refractivity contribution in [3.63, 3.8) is 0 Å². The zero-order valence-corrected chi connectivity index (χ0v) is 11.3. The maximum absolute atomic E-state index is 11.9. The highest BCUT2D eigenvalue weighted by atomic mass is 16.2. The molecule has 0 aromatic rings. The van der Waals surface area contributed by atoms with Gasteiger partial charge in [0.15, 0.2) is 5.78 Å². The molecule has 1 heterocycles. The van der Waals surface area contributed by atoms with Crippen LogP contribution < -0.4 is 0 Å². The van der Waals surface area contributed by atoms with Crippen molar-refractivity contribution in [3.8, 4) is 0 Å². The molecule has 1 fully saturated rings. The van der Waals surface area contributed by atoms with Crippen LogP contribution in [0, 0.1) is 5.41 Å². The quantitative estimate of drug-likeness (QED) is 0.551. The molecule has 4 amide bonds. The van der Waals surface area contributed by atoms with E-state index in [2.05, 4.69) is 0 Å². The van der Waals surface area contributed by atoms with Crippen LogP contribution in [0.2, 0.25) is 0 Å². The molecule has 1 aliphatic rings. The number of rotatable bonds is 3. The molecule has 0 atom stereocenters. The molecule has 6 nitrogen and oxygen atoms in total. The van der Waals surface area contributed by atoms with Gasteiger partial charge in [-0.05, 0) is 13.8 Å². The summed E-state index contributed by atoms with van der Waals surface area (Å²) in [6, 6.07) is -1.11. The largest absolute Gasteiger partial charge is 0.334 e. The van der Waals surface area contributed by atoms with Gasteiger partial charge in [-0.25, -0.2) is 9.69 Å². The van der Waals surface area contributed by atoms with Gasteiger partial charge in [0.1, 0.15) is 0 Å². The van der Waals surface area contributed by atoms with Gasteiger partial charge in [0.25, 0.3) is 0 Å². The zero-order valence-electron chi connectivity index (χ0n) is 11.3. The van der Waals surface area contributed by atoms with Crippen molar-refractivity contribution in [2.75, 3.05) is 6.54 Å². The molecular weight excluding hydrogens is 236 g/mol. The van der Waals surface area contributed by atoms with Crippen molar-refractivity contribution < 1.29 is 19.2 Å². The summed E-state index contributed by atoms with van der Waals surface area (Å²) in [4.78, 5) is 48.6. The molecule has 18 heavy (non-hydrogen) atoms. The lowest BCUT2D eigenvalue weighted by molar-refractivity contribution is -0.144. The molecular formula is C12H18N2O4. The van der Waals surface area contributed by atoms with Gasteiger partial charge < -0.3 is 0 Å². The molecule has 1 saturated heterocycles. The van der Waals surface area contributed by atoms with Crippen LogP contribution in [0.25, 0.3) is 0 Å². The Bertz CT molecular complexity index is 420. The van der Waals surface area contributed by atoms with Crippen LogP contribution in [-0.4, -0.2) is 46.0 Å². The molecule has 0 radical (unpaired) electrons. The third-order valence-electron chi connectivity index (χ3n) is 2.74. The molecule has 6 heteroatoms. The van der Waals surface area contributed by atoms with Gasteiger partial charge in [-0.3, -0.25) is 19.3 Å². The summed E-state index contributed by atoms with van der Waals surface area (Å²) in [6.45, 7) is 8.01. The highest BCUT2D eigenvalue weighted by Gasteiger charge is 2.46. The molecule has 0 aromatic carbocycles. The summed E-state index contributed by atoms with van der Waals surface area (Å²) in [5, 5.41) is 0. The topological polar surface area (TPSA) is 74.8 Å². The van der Waals surface area contributed by atoms with Gasteiger partial charge in [0.05, 0.1) is 6.54 Å². The molecule has 0 aromatic heterocycles. The number of amides is 4. The van der Waals surface area contributed by atoms with Gasteiger partial charge in [-0.2, -0.15) is 0 Å². The summed E-state index contributed by atoms with van der Waals surface area (Å²) in [7, 11) is 0. The zero-order chi connectivity index (χ0) is 14.2. The van der Waals surface area contributed by atoms with Gasteiger partial charge in [-0.1, -0.05) is 20.8 Å². The third kappa shape index (κ3) is 2.42. The minimum atomic E-state index is -0.925. The molecule has 0 aliphatic carbocycles. The van der Waals surface area contributed by atoms with Crippen LogP contribution in [0.1, 0.15) is 34.6 Å². The number of Topliss-reactive ketones (excluding diaryl/α,β-unsaturated/α-hetero) is 1. The van der Waals surface area contributed by atoms with Crippen LogP contribution in [0.15, 0.2) is 0 Å². The van der Waals surface area contributed by atoms with E-state index < -0.39 is 29.3 Å². The average Bonchev–Trinajstić information content (AvgIpc) is 2.40. The number of carbonyl (C=O) groups is 4. The molecule has 0 unspecified atom stereocenters. The predicted molar refractivity (Wildman–Crippen MR) is 63.6 cm³/mol. The lowest BCUT2D eigenvalue weighted by atomic mass is 9.90. The first-order valence-corrected chi connectivity index (χ1v) is 5.79. The summed E-state index contributed by atoms with van der Waals surface area (Å²) in [6.07, 6.45) is 0. The monoisotopic (exact) mass is 254 g/mol. The maximum Gasteiger partial charge on any atom is 0.334 e. The Balaban J connectivity index is 2.93. The van der Waals surface area contributed by atoms with Gasteiger partial charge in [-0.15, -0.1) is 0 Å². The van der Waals surface area contributed by atoms with Crippen molar-refractivity contribution in [1.82, 2.24) is 9.80 Å². The fourth-order valence-electron chi connectivity index (χ4n) is 1.50. The Hall–Kier alpha value is -1.72. The van der Waals surface area contributed by atoms with Crippen molar-refractivity contribution in [2.24, 2.45) is 5.41 Å². The first-order valence-electron chi connectivity index (χ1n) is 5.79. The molecule has 100 valence electrons. The van der Waals surface area contributed by atoms with Crippen molar-refractivity contribution in [1.29, 1.82) is 0 Å². The van der Waals surface area contributed by atoms with E-state index in [1.165, 1.54) is 0 Å². The van der Waals surface area contributed by atoms with E-state index in [1.807, 2.05) is 0 Å². The highest BCUT2D eigenvalue weighted by molar-refractivity contribution is 6.45. The first kappa shape index (κ1) is 14.3. The Morgan fingerprint density at radius 2 is 1.61 bits per heavy atom. The minimum absolute atomic E-state index is 0.261. The second-order valence-electron chi connectivity index (χ2n) is 5.62. The fraction of sp³-hybridized carbons (Fsp3) is 0.667. The van der Waals surface area contributed by atoms with E-state index in [4.69, 9.17) is 0 Å². The summed E-state index contributed by atoms with van der Waals surface area (Å²) >= 11 is 0. The number of imide groups is 2. The number of nitrogens with zero attached hydrogens (tertiary/aromatic N) is 2. The molecule has 0 bridgehead atoms. The van der Waals surface area contributed by atoms with E-state index in [-0.39, 0.29) is 12.3 Å². The smallest absolute Gasteiger partial charge is 0.297 e. The van der Waals surface area contributed by atoms with Crippen LogP contribution in [0.4, 0.5) is 4.79 Å². The first-order chi connectivity index (χ1) is 8.07. The highest BCUT2D eigenvalue weighted by Crippen LogP contribution is 2.19. The van der Waals surface area contributed by atoms with Crippen molar-refractivity contribution in [2.45, 2.75) is 40.7 Å². The van der Waals surface area contributed by atoms with Gasteiger partial charge in [0, 0.05) is 11.5 Å². The maximum atomic E-state index is 11.9. The van der Waals surface area contributed by atoms with E-state index in [0.717, 1.165) is 9.80 Å². The van der Waals surface area contributed by atoms with Crippen molar-refractivity contribution in [3.05, 3.63) is 0 Å². The van der Waals surface area contributed by atoms with Crippen molar-refractivity contribution >= 4 is 23.6 Å². The number of hydrogen-bond acceptors (Lipinski definition) is 4. The van der Waals surface area contributed by atoms with Crippen LogP contribution >= 0.6 is 0 Å². The standard InChI is InChI=1S/C12H18N2O4/c1-7(2)14-10(17)9(16)13(11(14)18)6-8(15)12(3,4)5/h7H,6H2,1-5H3. The van der Waals surface area contributed by atoms with E-state index in [9.17, 15) is 19.2 Å². The van der Waals surface area contributed by atoms with Gasteiger partial charge in [0.2, 0.25) is 0 Å². The number of urea groups is 1. The Morgan fingerprint density at radius 3 is 1.94 bits per heavy atom. The summed E-state index contributed by atoms with van der Waals surface area (Å²) in [5.41, 5.74) is -0.658. The summed E-state index contributed by atoms with van der Waals surface area (Å²) < 4.78 is 0. The summed E-state index contributed by atoms with van der Waals surface area (Å²) in [5.74, 6) is -2.05. The fourth-order valence-corrected chi connectivity index (χ4v) is 1.50. The minimum Gasteiger partial charge on any atom is -0.297 e. The second kappa shape index (κ2) is 4.51. The van der Waals surface area contributed by atoms with E-state index >= 15 is 0 Å². The van der Waals surface area contributed by atoms with E-state index in [0.29, 0.717) is 0 Å². The normalized spacial score (nSPS) is 17.1. The molecule has 0 spiro atoms. The average molecular weight is 254 g/mol. The van der Waals surface area contributed by atoms with Gasteiger partial charge >= 0.3 is 17.8 Å². The Kier molecular flexibility index (Phi) is 3.59. The molecule has 1 rings (SSSR count). The van der Waals surface area contributed by atoms with E-state index in [1.54, 1.807) is 34.6 Å². The molecule has 0 N–H and O–H groups in total. The second-order valence-corrected chi connectivity index (χ2v) is 5.62. The van der Waals surface area contributed by atoms with Crippen LogP contribution in [-0.2, 0) is 14.4 Å². The SMILES string of the molecule is CC(C)N1C(=O)C(=O)N(CC(=O)C(C)(C)C)C1=O. The number of ketones is 1. The van der Waals surface area contributed by atoms with Crippen LogP contribution in [0.5, 0.6) is 0 Å². The molecule has 0 saturated carbocycles. The third-order valence-corrected chi connectivity index (χ3v) is 2.74. The number of hydrogen-bond donors (Lipinski definition) is 0. The predicted octanol–water partition coefficient (Wildman–Crippen LogP) is 0.801. The lowest BCUT2D eigenvalue weighted by Gasteiger charge is -2.21. The molecule has 1 aliphatic heterocycles.